The molecule has 2 unspecified atom stereocenters. The standard InChI is InChI=1S/C14H17N3/c15-8-11-3-5-13(6-4-11)17-9-12-2-1-7-16-14(12)10-17/h3-6,12,14,16H,1-2,7,9-10H2. The van der Waals surface area contributed by atoms with Crippen LogP contribution < -0.4 is 10.2 Å². The molecule has 0 aliphatic carbocycles. The van der Waals surface area contributed by atoms with E-state index in [1.54, 1.807) is 0 Å². The summed E-state index contributed by atoms with van der Waals surface area (Å²) in [6, 6.07) is 10.8. The summed E-state index contributed by atoms with van der Waals surface area (Å²) in [7, 11) is 0. The molecule has 0 spiro atoms. The van der Waals surface area contributed by atoms with E-state index in [1.165, 1.54) is 25.1 Å². The van der Waals surface area contributed by atoms with Crippen LogP contribution in [-0.4, -0.2) is 25.7 Å². The average molecular weight is 227 g/mol. The Morgan fingerprint density at radius 2 is 2.06 bits per heavy atom. The molecule has 2 atom stereocenters. The molecule has 3 heteroatoms. The Kier molecular flexibility index (Phi) is 2.74. The van der Waals surface area contributed by atoms with Crippen molar-refractivity contribution in [3.05, 3.63) is 29.8 Å². The van der Waals surface area contributed by atoms with Crippen molar-refractivity contribution in [3.63, 3.8) is 0 Å². The van der Waals surface area contributed by atoms with E-state index in [0.29, 0.717) is 6.04 Å². The van der Waals surface area contributed by atoms with Crippen LogP contribution in [0, 0.1) is 17.2 Å². The molecule has 0 radical (unpaired) electrons. The van der Waals surface area contributed by atoms with Crippen molar-refractivity contribution in [1.29, 1.82) is 5.26 Å². The summed E-state index contributed by atoms with van der Waals surface area (Å²) in [6.45, 7) is 3.43. The van der Waals surface area contributed by atoms with Crippen LogP contribution in [0.2, 0.25) is 0 Å². The molecule has 0 aromatic heterocycles. The summed E-state index contributed by atoms with van der Waals surface area (Å²) in [5, 5.41) is 12.4. The van der Waals surface area contributed by atoms with Gasteiger partial charge in [0.25, 0.3) is 0 Å². The highest BCUT2D eigenvalue weighted by molar-refractivity contribution is 5.51. The first-order valence-electron chi connectivity index (χ1n) is 6.35. The summed E-state index contributed by atoms with van der Waals surface area (Å²) in [6.07, 6.45) is 2.66. The lowest BCUT2D eigenvalue weighted by molar-refractivity contribution is 0.340. The first kappa shape index (κ1) is 10.6. The van der Waals surface area contributed by atoms with Crippen molar-refractivity contribution < 1.29 is 0 Å². The second-order valence-electron chi connectivity index (χ2n) is 5.03. The highest BCUT2D eigenvalue weighted by Gasteiger charge is 2.34. The molecule has 0 bridgehead atoms. The number of benzene rings is 1. The minimum absolute atomic E-state index is 0.666. The van der Waals surface area contributed by atoms with E-state index in [9.17, 15) is 0 Å². The van der Waals surface area contributed by atoms with E-state index in [-0.39, 0.29) is 0 Å². The Hall–Kier alpha value is -1.53. The summed E-state index contributed by atoms with van der Waals surface area (Å²) < 4.78 is 0. The maximum atomic E-state index is 8.79. The van der Waals surface area contributed by atoms with Crippen LogP contribution in [0.4, 0.5) is 5.69 Å². The predicted octanol–water partition coefficient (Wildman–Crippen LogP) is 1.75. The second-order valence-corrected chi connectivity index (χ2v) is 5.03. The summed E-state index contributed by atoms with van der Waals surface area (Å²) in [5.41, 5.74) is 1.99. The fraction of sp³-hybridized carbons (Fsp3) is 0.500. The van der Waals surface area contributed by atoms with Gasteiger partial charge in [-0.3, -0.25) is 0 Å². The maximum Gasteiger partial charge on any atom is 0.0991 e. The maximum absolute atomic E-state index is 8.79. The first-order chi connectivity index (χ1) is 8.36. The van der Waals surface area contributed by atoms with Crippen LogP contribution in [0.1, 0.15) is 18.4 Å². The minimum Gasteiger partial charge on any atom is -0.370 e. The number of nitriles is 1. The van der Waals surface area contributed by atoms with E-state index in [2.05, 4.69) is 28.4 Å². The lowest BCUT2D eigenvalue weighted by Crippen LogP contribution is -2.40. The molecular weight excluding hydrogens is 210 g/mol. The third-order valence-corrected chi connectivity index (χ3v) is 3.96. The van der Waals surface area contributed by atoms with Crippen molar-refractivity contribution >= 4 is 5.69 Å². The molecule has 2 heterocycles. The fourth-order valence-corrected chi connectivity index (χ4v) is 3.00. The number of fused-ring (bicyclic) bond motifs is 1. The van der Waals surface area contributed by atoms with Crippen molar-refractivity contribution in [2.45, 2.75) is 18.9 Å². The quantitative estimate of drug-likeness (QED) is 0.794. The molecule has 3 nitrogen and oxygen atoms in total. The van der Waals surface area contributed by atoms with Gasteiger partial charge >= 0.3 is 0 Å². The van der Waals surface area contributed by atoms with Gasteiger partial charge in [0.1, 0.15) is 0 Å². The molecule has 88 valence electrons. The summed E-state index contributed by atoms with van der Waals surface area (Å²) >= 11 is 0. The number of anilines is 1. The highest BCUT2D eigenvalue weighted by atomic mass is 15.2. The van der Waals surface area contributed by atoms with Crippen LogP contribution in [0.3, 0.4) is 0 Å². The lowest BCUT2D eigenvalue weighted by Gasteiger charge is -2.24. The molecule has 2 fully saturated rings. The molecule has 3 rings (SSSR count). The number of piperidine rings is 1. The van der Waals surface area contributed by atoms with Gasteiger partial charge in [-0.05, 0) is 49.6 Å². The molecule has 1 aromatic carbocycles. The Balaban J connectivity index is 1.74. The zero-order chi connectivity index (χ0) is 11.7. The van der Waals surface area contributed by atoms with Crippen molar-refractivity contribution in [2.24, 2.45) is 5.92 Å². The topological polar surface area (TPSA) is 39.1 Å². The fourth-order valence-electron chi connectivity index (χ4n) is 3.00. The van der Waals surface area contributed by atoms with Gasteiger partial charge in [0.15, 0.2) is 0 Å². The third-order valence-electron chi connectivity index (χ3n) is 3.96. The highest BCUT2D eigenvalue weighted by Crippen LogP contribution is 2.28. The first-order valence-corrected chi connectivity index (χ1v) is 6.35. The minimum atomic E-state index is 0.666. The van der Waals surface area contributed by atoms with Crippen molar-refractivity contribution in [3.8, 4) is 6.07 Å². The van der Waals surface area contributed by atoms with Crippen LogP contribution >= 0.6 is 0 Å². The normalized spacial score (nSPS) is 27.6. The van der Waals surface area contributed by atoms with Crippen molar-refractivity contribution in [2.75, 3.05) is 24.5 Å². The smallest absolute Gasteiger partial charge is 0.0991 e. The molecular formula is C14H17N3. The molecule has 1 aromatic rings. The van der Waals surface area contributed by atoms with Crippen LogP contribution in [0.5, 0.6) is 0 Å². The van der Waals surface area contributed by atoms with E-state index < -0.39 is 0 Å². The van der Waals surface area contributed by atoms with Gasteiger partial charge in [-0.1, -0.05) is 0 Å². The Morgan fingerprint density at radius 3 is 2.76 bits per heavy atom. The number of hydrogen-bond donors (Lipinski definition) is 1. The van der Waals surface area contributed by atoms with E-state index >= 15 is 0 Å². The number of hydrogen-bond acceptors (Lipinski definition) is 3. The zero-order valence-corrected chi connectivity index (χ0v) is 9.89. The molecule has 17 heavy (non-hydrogen) atoms. The van der Waals surface area contributed by atoms with E-state index in [4.69, 9.17) is 5.26 Å². The van der Waals surface area contributed by atoms with Gasteiger partial charge in [0, 0.05) is 24.8 Å². The van der Waals surface area contributed by atoms with Crippen LogP contribution in [-0.2, 0) is 0 Å². The lowest BCUT2D eigenvalue weighted by atomic mass is 9.94. The van der Waals surface area contributed by atoms with Gasteiger partial charge in [-0.25, -0.2) is 0 Å². The number of nitrogens with zero attached hydrogens (tertiary/aromatic N) is 2. The van der Waals surface area contributed by atoms with Crippen LogP contribution in [0.15, 0.2) is 24.3 Å². The third kappa shape index (κ3) is 2.01. The molecule has 0 amide bonds. The molecule has 0 saturated carbocycles. The largest absolute Gasteiger partial charge is 0.370 e. The van der Waals surface area contributed by atoms with E-state index in [0.717, 1.165) is 24.6 Å². The van der Waals surface area contributed by atoms with Crippen molar-refractivity contribution in [1.82, 2.24) is 5.32 Å². The Bertz CT molecular complexity index is 418. The van der Waals surface area contributed by atoms with E-state index in [1.807, 2.05) is 12.1 Å². The molecule has 2 aliphatic heterocycles. The summed E-state index contributed by atoms with van der Waals surface area (Å²) in [4.78, 5) is 2.44. The van der Waals surface area contributed by atoms with Gasteiger partial charge in [-0.2, -0.15) is 5.26 Å². The monoisotopic (exact) mass is 227 g/mol. The Labute approximate surface area is 102 Å². The van der Waals surface area contributed by atoms with Gasteiger partial charge in [-0.15, -0.1) is 0 Å². The van der Waals surface area contributed by atoms with Gasteiger partial charge in [0.05, 0.1) is 11.6 Å². The molecule has 2 aliphatic rings. The number of nitrogens with one attached hydrogen (secondary N) is 1. The average Bonchev–Trinajstić information content (AvgIpc) is 2.82. The van der Waals surface area contributed by atoms with Gasteiger partial charge < -0.3 is 10.2 Å². The predicted molar refractivity (Wildman–Crippen MR) is 67.9 cm³/mol. The molecule has 2 saturated heterocycles. The Morgan fingerprint density at radius 1 is 1.24 bits per heavy atom. The second kappa shape index (κ2) is 4.38. The number of rotatable bonds is 1. The molecule has 1 N–H and O–H groups in total. The van der Waals surface area contributed by atoms with Crippen LogP contribution in [0.25, 0.3) is 0 Å². The summed E-state index contributed by atoms with van der Waals surface area (Å²) in [5.74, 6) is 0.805. The van der Waals surface area contributed by atoms with Gasteiger partial charge in [0.2, 0.25) is 0 Å². The zero-order valence-electron chi connectivity index (χ0n) is 9.89. The SMILES string of the molecule is N#Cc1ccc(N2CC3CCCNC3C2)cc1.